The Morgan fingerprint density at radius 2 is 2.16 bits per heavy atom. The number of fused-ring (bicyclic) bond motifs is 1. The highest BCUT2D eigenvalue weighted by Crippen LogP contribution is 2.77. The van der Waals surface area contributed by atoms with Crippen LogP contribution in [0.4, 0.5) is 0 Å². The van der Waals surface area contributed by atoms with E-state index >= 15 is 0 Å². The molecule has 8 atom stereocenters. The van der Waals surface area contributed by atoms with E-state index in [-0.39, 0.29) is 5.92 Å². The zero-order valence-electron chi connectivity index (χ0n) is 14.1. The van der Waals surface area contributed by atoms with Crippen molar-refractivity contribution in [3.8, 4) is 0 Å². The summed E-state index contributed by atoms with van der Waals surface area (Å²) >= 11 is 0. The first kappa shape index (κ1) is 15.6. The van der Waals surface area contributed by atoms with Gasteiger partial charge in [0.15, 0.2) is 0 Å². The Morgan fingerprint density at radius 3 is 2.84 bits per heavy atom. The van der Waals surface area contributed by atoms with Crippen LogP contribution in [-0.2, 0) is 14.3 Å². The van der Waals surface area contributed by atoms with Gasteiger partial charge in [0, 0.05) is 11.8 Å². The number of aliphatic hydroxyl groups excluding tert-OH is 1. The standard InChI is InChI=1S/C19H22O6/c1-9-7-17-8-18(9,24)6-3-10(17)19-11(20)4-5-16(2,15(23)25-19)13(19)12(17)14(21)22/h4-5,10-13,20,24H,1,3,6-8H2,2H3,(H,21,22)/t10-,11-,12-,13-,16-,17-,18+,19-/m1/s1. The first-order valence-electron chi connectivity index (χ1n) is 8.86. The second-order valence-electron chi connectivity index (χ2n) is 8.94. The molecule has 1 heterocycles. The van der Waals surface area contributed by atoms with E-state index in [4.69, 9.17) is 4.74 Å². The third-order valence-electron chi connectivity index (χ3n) is 8.05. The molecule has 0 radical (unpaired) electrons. The molecule has 4 aliphatic carbocycles. The maximum absolute atomic E-state index is 12.7. The molecule has 1 saturated heterocycles. The highest BCUT2D eigenvalue weighted by atomic mass is 16.6. The van der Waals surface area contributed by atoms with Crippen LogP contribution in [0.25, 0.3) is 0 Å². The Labute approximate surface area is 145 Å². The van der Waals surface area contributed by atoms with Gasteiger partial charge < -0.3 is 20.1 Å². The fraction of sp³-hybridized carbons (Fsp3) is 0.684. The molecule has 1 aliphatic heterocycles. The summed E-state index contributed by atoms with van der Waals surface area (Å²) in [6, 6.07) is 0. The second kappa shape index (κ2) is 4.01. The van der Waals surface area contributed by atoms with Crippen LogP contribution in [0.1, 0.15) is 32.6 Å². The Bertz CT molecular complexity index is 772. The van der Waals surface area contributed by atoms with Gasteiger partial charge in [0.2, 0.25) is 0 Å². The summed E-state index contributed by atoms with van der Waals surface area (Å²) in [5, 5.41) is 31.9. The van der Waals surface area contributed by atoms with Gasteiger partial charge in [-0.1, -0.05) is 18.7 Å². The molecule has 6 heteroatoms. The first-order chi connectivity index (χ1) is 11.6. The third kappa shape index (κ3) is 1.36. The van der Waals surface area contributed by atoms with Gasteiger partial charge in [0.25, 0.3) is 0 Å². The van der Waals surface area contributed by atoms with Gasteiger partial charge in [-0.15, -0.1) is 0 Å². The lowest BCUT2D eigenvalue weighted by molar-refractivity contribution is -0.172. The summed E-state index contributed by atoms with van der Waals surface area (Å²) in [5.41, 5.74) is -3.37. The summed E-state index contributed by atoms with van der Waals surface area (Å²) in [5.74, 6) is -3.23. The number of hydrogen-bond donors (Lipinski definition) is 3. The largest absolute Gasteiger partial charge is 0.481 e. The average molecular weight is 346 g/mol. The summed E-state index contributed by atoms with van der Waals surface area (Å²) in [4.78, 5) is 25.1. The molecule has 0 aromatic heterocycles. The van der Waals surface area contributed by atoms with Gasteiger partial charge in [-0.3, -0.25) is 9.59 Å². The Hall–Kier alpha value is -1.66. The maximum Gasteiger partial charge on any atom is 0.316 e. The molecular weight excluding hydrogens is 324 g/mol. The predicted octanol–water partition coefficient (Wildman–Crippen LogP) is 1.03. The van der Waals surface area contributed by atoms with Gasteiger partial charge in [-0.2, -0.15) is 0 Å². The van der Waals surface area contributed by atoms with Crippen molar-refractivity contribution in [3.63, 3.8) is 0 Å². The SMILES string of the molecule is C=C1C[C@@]23C[C@@]1(O)CC[C@H]2[C@@]12OC(=O)[C@](C)(C=C[C@H]1O)[C@H]2[C@@H]3C(=O)O. The van der Waals surface area contributed by atoms with Crippen LogP contribution in [0, 0.1) is 28.6 Å². The van der Waals surface area contributed by atoms with E-state index in [9.17, 15) is 24.9 Å². The number of hydrogen-bond acceptors (Lipinski definition) is 5. The van der Waals surface area contributed by atoms with Crippen LogP contribution in [0.5, 0.6) is 0 Å². The van der Waals surface area contributed by atoms with E-state index in [1.807, 2.05) is 0 Å². The van der Waals surface area contributed by atoms with Gasteiger partial charge in [-0.05, 0) is 43.6 Å². The molecule has 4 bridgehead atoms. The fourth-order valence-electron chi connectivity index (χ4n) is 7.20. The van der Waals surface area contributed by atoms with Gasteiger partial charge in [0.1, 0.15) is 11.7 Å². The molecule has 4 fully saturated rings. The minimum absolute atomic E-state index is 0.295. The fourth-order valence-corrected chi connectivity index (χ4v) is 7.20. The molecule has 0 aromatic rings. The van der Waals surface area contributed by atoms with Crippen molar-refractivity contribution in [2.45, 2.75) is 49.9 Å². The Kier molecular flexibility index (Phi) is 2.50. The highest BCUT2D eigenvalue weighted by Gasteiger charge is 2.84. The molecule has 0 amide bonds. The summed E-state index contributed by atoms with van der Waals surface area (Å²) in [6.45, 7) is 5.73. The van der Waals surface area contributed by atoms with E-state index in [0.717, 1.165) is 0 Å². The quantitative estimate of drug-likeness (QED) is 0.484. The van der Waals surface area contributed by atoms with Gasteiger partial charge in [0.05, 0.1) is 16.9 Å². The monoisotopic (exact) mass is 346 g/mol. The predicted molar refractivity (Wildman–Crippen MR) is 85.2 cm³/mol. The number of carboxylic acids is 1. The number of ether oxygens (including phenoxy) is 1. The van der Waals surface area contributed by atoms with Crippen molar-refractivity contribution in [1.29, 1.82) is 0 Å². The van der Waals surface area contributed by atoms with E-state index in [2.05, 4.69) is 6.58 Å². The van der Waals surface area contributed by atoms with Crippen molar-refractivity contribution in [1.82, 2.24) is 0 Å². The number of aliphatic hydroxyl groups is 2. The molecule has 3 N–H and O–H groups in total. The lowest BCUT2D eigenvalue weighted by Crippen LogP contribution is -2.54. The number of carbonyl (C=O) groups is 2. The number of carbonyl (C=O) groups excluding carboxylic acids is 1. The maximum atomic E-state index is 12.7. The van der Waals surface area contributed by atoms with E-state index < -0.39 is 51.9 Å². The van der Waals surface area contributed by atoms with Gasteiger partial charge in [-0.25, -0.2) is 0 Å². The molecule has 5 aliphatic rings. The minimum Gasteiger partial charge on any atom is -0.481 e. The van der Waals surface area contributed by atoms with Crippen molar-refractivity contribution >= 4 is 11.9 Å². The van der Waals surface area contributed by atoms with Crippen LogP contribution in [-0.4, -0.2) is 44.6 Å². The zero-order valence-corrected chi connectivity index (χ0v) is 14.1. The van der Waals surface area contributed by atoms with Crippen LogP contribution in [0.15, 0.2) is 24.3 Å². The summed E-state index contributed by atoms with van der Waals surface area (Å²) in [7, 11) is 0. The normalized spacial score (nSPS) is 58.0. The topological polar surface area (TPSA) is 104 Å². The smallest absolute Gasteiger partial charge is 0.316 e. The van der Waals surface area contributed by atoms with Crippen LogP contribution < -0.4 is 0 Å². The second-order valence-corrected chi connectivity index (χ2v) is 8.94. The van der Waals surface area contributed by atoms with Crippen molar-refractivity contribution in [2.24, 2.45) is 28.6 Å². The van der Waals surface area contributed by atoms with Crippen LogP contribution >= 0.6 is 0 Å². The lowest BCUT2D eigenvalue weighted by Gasteiger charge is -2.46. The van der Waals surface area contributed by atoms with Crippen molar-refractivity contribution < 1.29 is 29.6 Å². The van der Waals surface area contributed by atoms with E-state index in [0.29, 0.717) is 31.3 Å². The molecule has 6 nitrogen and oxygen atoms in total. The van der Waals surface area contributed by atoms with Crippen molar-refractivity contribution in [2.75, 3.05) is 0 Å². The van der Waals surface area contributed by atoms with E-state index in [1.165, 1.54) is 0 Å². The molecular formula is C19H22O6. The molecule has 134 valence electrons. The zero-order chi connectivity index (χ0) is 18.0. The van der Waals surface area contributed by atoms with E-state index in [1.54, 1.807) is 19.1 Å². The van der Waals surface area contributed by atoms with Crippen molar-refractivity contribution in [3.05, 3.63) is 24.3 Å². The molecule has 5 rings (SSSR count). The third-order valence-corrected chi connectivity index (χ3v) is 8.05. The van der Waals surface area contributed by atoms with Crippen LogP contribution in [0.3, 0.4) is 0 Å². The minimum atomic E-state index is -1.21. The Morgan fingerprint density at radius 1 is 1.44 bits per heavy atom. The molecule has 3 saturated carbocycles. The lowest BCUT2D eigenvalue weighted by atomic mass is 9.62. The van der Waals surface area contributed by atoms with Crippen LogP contribution in [0.2, 0.25) is 0 Å². The van der Waals surface area contributed by atoms with Gasteiger partial charge >= 0.3 is 11.9 Å². The summed E-state index contributed by atoms with van der Waals surface area (Å²) < 4.78 is 5.85. The molecule has 1 spiro atoms. The number of aliphatic carboxylic acids is 1. The number of esters is 1. The number of rotatable bonds is 1. The molecule has 25 heavy (non-hydrogen) atoms. The molecule has 0 aromatic carbocycles. The molecule has 0 unspecified atom stereocenters. The summed E-state index contributed by atoms with van der Waals surface area (Å²) in [6.07, 6.45) is 3.89. The Balaban J connectivity index is 1.79. The average Bonchev–Trinajstić information content (AvgIpc) is 2.95. The first-order valence-corrected chi connectivity index (χ1v) is 8.86. The highest BCUT2D eigenvalue weighted by molar-refractivity contribution is 5.87. The number of carboxylic acid groups (broad SMARTS) is 1.